The Hall–Kier alpha value is -1.14. The fourth-order valence-corrected chi connectivity index (χ4v) is 2.60. The number of carbonyl (C=O) groups is 2. The summed E-state index contributed by atoms with van der Waals surface area (Å²) in [5, 5.41) is 0. The lowest BCUT2D eigenvalue weighted by atomic mass is 10.1. The summed E-state index contributed by atoms with van der Waals surface area (Å²) in [6.07, 6.45) is 11.6. The Morgan fingerprint density at radius 1 is 0.483 bits per heavy atom. The summed E-state index contributed by atoms with van der Waals surface area (Å²) in [5.41, 5.74) is 0. The van der Waals surface area contributed by atoms with Crippen molar-refractivity contribution in [2.45, 2.75) is 97.3 Å². The largest absolute Gasteiger partial charge is 0.466 e. The number of carbonyl (C=O) groups excluding carboxylic acids is 2. The van der Waals surface area contributed by atoms with Crippen molar-refractivity contribution in [3.05, 3.63) is 0 Å². The first-order valence-electron chi connectivity index (χ1n) is 11.7. The Morgan fingerprint density at radius 3 is 1.28 bits per heavy atom. The molecule has 0 aliphatic rings. The second-order valence-corrected chi connectivity index (χ2v) is 7.35. The minimum Gasteiger partial charge on any atom is -0.466 e. The summed E-state index contributed by atoms with van der Waals surface area (Å²) in [6, 6.07) is 0. The molecule has 0 N–H and O–H groups in total. The van der Waals surface area contributed by atoms with Crippen molar-refractivity contribution in [2.24, 2.45) is 0 Å². The van der Waals surface area contributed by atoms with E-state index >= 15 is 0 Å². The van der Waals surface area contributed by atoms with E-state index in [1.807, 2.05) is 0 Å². The molecule has 0 unspecified atom stereocenters. The molecule has 0 aromatic rings. The Bertz CT molecular complexity index is 338. The van der Waals surface area contributed by atoms with Crippen molar-refractivity contribution in [1.29, 1.82) is 0 Å². The second-order valence-electron chi connectivity index (χ2n) is 7.35. The maximum Gasteiger partial charge on any atom is 0.305 e. The van der Waals surface area contributed by atoms with Crippen LogP contribution in [-0.4, -0.2) is 51.6 Å². The maximum atomic E-state index is 11.6. The predicted octanol–water partition coefficient (Wildman–Crippen LogP) is 5.22. The highest BCUT2D eigenvalue weighted by atomic mass is 16.5. The predicted molar refractivity (Wildman–Crippen MR) is 115 cm³/mol. The van der Waals surface area contributed by atoms with Gasteiger partial charge in [-0.05, 0) is 25.7 Å². The molecule has 29 heavy (non-hydrogen) atoms. The summed E-state index contributed by atoms with van der Waals surface area (Å²) < 4.78 is 21.2. The number of ether oxygens (including phenoxy) is 4. The fraction of sp³-hybridized carbons (Fsp3) is 0.913. The van der Waals surface area contributed by atoms with E-state index < -0.39 is 0 Å². The van der Waals surface area contributed by atoms with Gasteiger partial charge in [-0.1, -0.05) is 46.0 Å². The number of hydrogen-bond acceptors (Lipinski definition) is 6. The zero-order valence-corrected chi connectivity index (χ0v) is 18.9. The van der Waals surface area contributed by atoms with E-state index in [1.165, 1.54) is 0 Å². The first-order chi connectivity index (χ1) is 14.2. The molecule has 0 aliphatic heterocycles. The van der Waals surface area contributed by atoms with Crippen LogP contribution in [0.5, 0.6) is 0 Å². The summed E-state index contributed by atoms with van der Waals surface area (Å²) in [6.45, 7) is 8.04. The van der Waals surface area contributed by atoms with Gasteiger partial charge in [0.2, 0.25) is 0 Å². The molecule has 0 aromatic heterocycles. The summed E-state index contributed by atoms with van der Waals surface area (Å²) in [5.74, 6) is -0.249. The van der Waals surface area contributed by atoms with Crippen LogP contribution in [0.4, 0.5) is 0 Å². The molecule has 0 atom stereocenters. The maximum absolute atomic E-state index is 11.6. The van der Waals surface area contributed by atoms with Gasteiger partial charge in [0.1, 0.15) is 0 Å². The van der Waals surface area contributed by atoms with Crippen LogP contribution in [0, 0.1) is 0 Å². The number of unbranched alkanes of at least 4 members (excludes halogenated alkanes) is 6. The third kappa shape index (κ3) is 23.0. The van der Waals surface area contributed by atoms with E-state index in [2.05, 4.69) is 13.8 Å². The molecule has 6 heteroatoms. The van der Waals surface area contributed by atoms with Gasteiger partial charge >= 0.3 is 11.9 Å². The van der Waals surface area contributed by atoms with Crippen LogP contribution in [-0.2, 0) is 28.5 Å². The van der Waals surface area contributed by atoms with Crippen molar-refractivity contribution in [1.82, 2.24) is 0 Å². The van der Waals surface area contributed by atoms with Crippen molar-refractivity contribution >= 4 is 11.9 Å². The quantitative estimate of drug-likeness (QED) is 0.178. The number of hydrogen-bond donors (Lipinski definition) is 0. The average Bonchev–Trinajstić information content (AvgIpc) is 2.71. The topological polar surface area (TPSA) is 71.1 Å². The van der Waals surface area contributed by atoms with E-state index in [1.54, 1.807) is 0 Å². The molecule has 0 saturated heterocycles. The monoisotopic (exact) mass is 416 g/mol. The van der Waals surface area contributed by atoms with Gasteiger partial charge in [-0.15, -0.1) is 0 Å². The van der Waals surface area contributed by atoms with Crippen LogP contribution in [0.2, 0.25) is 0 Å². The molecule has 0 rings (SSSR count). The third-order valence-electron chi connectivity index (χ3n) is 4.44. The van der Waals surface area contributed by atoms with Crippen molar-refractivity contribution in [2.75, 3.05) is 39.6 Å². The van der Waals surface area contributed by atoms with Crippen molar-refractivity contribution in [3.63, 3.8) is 0 Å². The van der Waals surface area contributed by atoms with Gasteiger partial charge in [0.05, 0.1) is 13.2 Å². The number of esters is 2. The lowest BCUT2D eigenvalue weighted by molar-refractivity contribution is -0.145. The van der Waals surface area contributed by atoms with Gasteiger partial charge in [0.25, 0.3) is 0 Å². The van der Waals surface area contributed by atoms with E-state index in [9.17, 15) is 9.59 Å². The highest BCUT2D eigenvalue weighted by Crippen LogP contribution is 2.08. The molecule has 0 aromatic carbocycles. The fourth-order valence-electron chi connectivity index (χ4n) is 2.60. The molecule has 0 bridgehead atoms. The summed E-state index contributed by atoms with van der Waals surface area (Å²) >= 11 is 0. The van der Waals surface area contributed by atoms with E-state index in [0.29, 0.717) is 39.3 Å². The van der Waals surface area contributed by atoms with Crippen LogP contribution in [0.15, 0.2) is 0 Å². The molecule has 0 aliphatic carbocycles. The second kappa shape index (κ2) is 23.1. The Kier molecular flexibility index (Phi) is 22.2. The standard InChI is InChI=1S/C23H44O6/c1-3-5-16-26-18-12-20-28-22(24)14-10-8-7-9-11-15-23(25)29-21-13-19-27-17-6-4-2/h3-21H2,1-2H3. The van der Waals surface area contributed by atoms with E-state index in [0.717, 1.165) is 83.8 Å². The van der Waals surface area contributed by atoms with Gasteiger partial charge in [-0.2, -0.15) is 0 Å². The van der Waals surface area contributed by atoms with Crippen molar-refractivity contribution in [3.8, 4) is 0 Å². The molecular weight excluding hydrogens is 372 g/mol. The first-order valence-corrected chi connectivity index (χ1v) is 11.7. The zero-order chi connectivity index (χ0) is 21.4. The van der Waals surface area contributed by atoms with Crippen LogP contribution in [0.1, 0.15) is 97.3 Å². The molecule has 0 radical (unpaired) electrons. The Labute approximate surface area is 178 Å². The normalized spacial score (nSPS) is 10.8. The highest BCUT2D eigenvalue weighted by Gasteiger charge is 2.04. The van der Waals surface area contributed by atoms with Crippen molar-refractivity contribution < 1.29 is 28.5 Å². The molecule has 6 nitrogen and oxygen atoms in total. The van der Waals surface area contributed by atoms with Gasteiger partial charge in [-0.25, -0.2) is 0 Å². The number of rotatable bonds is 22. The lowest BCUT2D eigenvalue weighted by Gasteiger charge is -2.06. The smallest absolute Gasteiger partial charge is 0.305 e. The van der Waals surface area contributed by atoms with Gasteiger partial charge < -0.3 is 18.9 Å². The van der Waals surface area contributed by atoms with Crippen LogP contribution in [0.3, 0.4) is 0 Å². The zero-order valence-electron chi connectivity index (χ0n) is 18.9. The summed E-state index contributed by atoms with van der Waals surface area (Å²) in [7, 11) is 0. The molecule has 0 amide bonds. The molecule has 0 spiro atoms. The van der Waals surface area contributed by atoms with E-state index in [4.69, 9.17) is 18.9 Å². The summed E-state index contributed by atoms with van der Waals surface area (Å²) in [4.78, 5) is 23.2. The van der Waals surface area contributed by atoms with Crippen LogP contribution >= 0.6 is 0 Å². The highest BCUT2D eigenvalue weighted by molar-refractivity contribution is 5.69. The van der Waals surface area contributed by atoms with Gasteiger partial charge in [-0.3, -0.25) is 9.59 Å². The van der Waals surface area contributed by atoms with E-state index in [-0.39, 0.29) is 11.9 Å². The SMILES string of the molecule is CCCCOCCCOC(=O)CCCCCCCC(=O)OCCCOCCCC. The minimum absolute atomic E-state index is 0.124. The van der Waals surface area contributed by atoms with Gasteiger partial charge in [0, 0.05) is 52.1 Å². The first kappa shape index (κ1) is 27.9. The average molecular weight is 417 g/mol. The lowest BCUT2D eigenvalue weighted by Crippen LogP contribution is -2.08. The van der Waals surface area contributed by atoms with Crippen LogP contribution in [0.25, 0.3) is 0 Å². The minimum atomic E-state index is -0.124. The molecule has 0 saturated carbocycles. The molecule has 0 heterocycles. The molecular formula is C23H44O6. The Morgan fingerprint density at radius 2 is 0.862 bits per heavy atom. The van der Waals surface area contributed by atoms with Gasteiger partial charge in [0.15, 0.2) is 0 Å². The third-order valence-corrected chi connectivity index (χ3v) is 4.44. The molecule has 172 valence electrons. The van der Waals surface area contributed by atoms with Crippen LogP contribution < -0.4 is 0 Å². The molecule has 0 fully saturated rings. The Balaban J connectivity index is 3.27.